The van der Waals surface area contributed by atoms with Crippen LogP contribution < -0.4 is 0 Å². The zero-order valence-corrected chi connectivity index (χ0v) is 9.32. The number of benzene rings is 1. The van der Waals surface area contributed by atoms with Gasteiger partial charge in [-0.05, 0) is 36.2 Å². The van der Waals surface area contributed by atoms with E-state index in [0.29, 0.717) is 5.89 Å². The van der Waals surface area contributed by atoms with Gasteiger partial charge in [-0.2, -0.15) is 4.98 Å². The third-order valence-electron chi connectivity index (χ3n) is 2.43. The Kier molecular flexibility index (Phi) is 2.49. The lowest BCUT2D eigenvalue weighted by Gasteiger charge is -2.19. The molecule has 0 spiro atoms. The van der Waals surface area contributed by atoms with Gasteiger partial charge in [0.2, 0.25) is 5.89 Å². The quantitative estimate of drug-likeness (QED) is 0.784. The molecule has 0 radical (unpaired) electrons. The van der Waals surface area contributed by atoms with Gasteiger partial charge in [-0.1, -0.05) is 30.3 Å². The SMILES string of the molecule is CC(C)(c1ccccc1)c1nc(Cl)no1. The Hall–Kier alpha value is -1.35. The highest BCUT2D eigenvalue weighted by molar-refractivity contribution is 6.28. The molecule has 0 aliphatic rings. The molecule has 0 atom stereocenters. The maximum Gasteiger partial charge on any atom is 0.263 e. The van der Waals surface area contributed by atoms with Gasteiger partial charge >= 0.3 is 0 Å². The van der Waals surface area contributed by atoms with Crippen molar-refractivity contribution in [2.24, 2.45) is 0 Å². The number of hydrogen-bond donors (Lipinski definition) is 0. The zero-order valence-electron chi connectivity index (χ0n) is 8.57. The Morgan fingerprint density at radius 2 is 1.87 bits per heavy atom. The van der Waals surface area contributed by atoms with E-state index in [-0.39, 0.29) is 10.7 Å². The van der Waals surface area contributed by atoms with E-state index in [1.165, 1.54) is 0 Å². The van der Waals surface area contributed by atoms with Gasteiger partial charge in [-0.25, -0.2) is 0 Å². The summed E-state index contributed by atoms with van der Waals surface area (Å²) in [6.45, 7) is 4.04. The van der Waals surface area contributed by atoms with Crippen LogP contribution in [0.15, 0.2) is 34.9 Å². The third-order valence-corrected chi connectivity index (χ3v) is 2.58. The van der Waals surface area contributed by atoms with E-state index in [2.05, 4.69) is 10.1 Å². The number of hydrogen-bond acceptors (Lipinski definition) is 3. The maximum atomic E-state index is 5.64. The minimum absolute atomic E-state index is 0.147. The first kappa shape index (κ1) is 10.2. The number of halogens is 1. The van der Waals surface area contributed by atoms with Gasteiger partial charge in [0.05, 0.1) is 5.41 Å². The molecule has 0 unspecified atom stereocenters. The summed E-state index contributed by atoms with van der Waals surface area (Å²) in [5.74, 6) is 0.527. The second kappa shape index (κ2) is 3.66. The van der Waals surface area contributed by atoms with Gasteiger partial charge in [0.25, 0.3) is 5.28 Å². The van der Waals surface area contributed by atoms with Crippen LogP contribution in [0.4, 0.5) is 0 Å². The molecular weight excluding hydrogens is 212 g/mol. The van der Waals surface area contributed by atoms with E-state index in [1.807, 2.05) is 44.2 Å². The van der Waals surface area contributed by atoms with Crippen molar-refractivity contribution in [1.82, 2.24) is 10.1 Å². The van der Waals surface area contributed by atoms with Crippen LogP contribution in [-0.2, 0) is 5.41 Å². The van der Waals surface area contributed by atoms with Crippen LogP contribution in [0.1, 0.15) is 25.3 Å². The second-order valence-electron chi connectivity index (χ2n) is 3.86. The van der Waals surface area contributed by atoms with Gasteiger partial charge < -0.3 is 4.52 Å². The van der Waals surface area contributed by atoms with Gasteiger partial charge in [-0.15, -0.1) is 0 Å². The summed E-state index contributed by atoms with van der Waals surface area (Å²) in [6.07, 6.45) is 0. The highest BCUT2D eigenvalue weighted by Gasteiger charge is 2.29. The van der Waals surface area contributed by atoms with E-state index in [4.69, 9.17) is 16.1 Å². The van der Waals surface area contributed by atoms with Crippen LogP contribution in [0.5, 0.6) is 0 Å². The van der Waals surface area contributed by atoms with Gasteiger partial charge in [-0.3, -0.25) is 0 Å². The van der Waals surface area contributed by atoms with E-state index in [9.17, 15) is 0 Å². The molecule has 2 rings (SSSR count). The summed E-state index contributed by atoms with van der Waals surface area (Å²) >= 11 is 5.64. The van der Waals surface area contributed by atoms with Crippen molar-refractivity contribution in [2.45, 2.75) is 19.3 Å². The van der Waals surface area contributed by atoms with E-state index < -0.39 is 0 Å². The lowest BCUT2D eigenvalue weighted by Crippen LogP contribution is -2.19. The molecule has 4 heteroatoms. The molecular formula is C11H11ClN2O. The Bertz CT molecular complexity index is 451. The summed E-state index contributed by atoms with van der Waals surface area (Å²) in [5, 5.41) is 3.73. The predicted octanol–water partition coefficient (Wildman–Crippen LogP) is 3.05. The molecule has 3 nitrogen and oxygen atoms in total. The van der Waals surface area contributed by atoms with Gasteiger partial charge in [0.15, 0.2) is 0 Å². The van der Waals surface area contributed by atoms with Gasteiger partial charge in [0, 0.05) is 0 Å². The molecule has 0 amide bonds. The highest BCUT2D eigenvalue weighted by atomic mass is 35.5. The average molecular weight is 223 g/mol. The summed E-state index contributed by atoms with van der Waals surface area (Å²) in [6, 6.07) is 9.99. The molecule has 1 aromatic carbocycles. The van der Waals surface area contributed by atoms with E-state index >= 15 is 0 Å². The van der Waals surface area contributed by atoms with E-state index in [1.54, 1.807) is 0 Å². The molecule has 78 valence electrons. The molecule has 0 saturated carbocycles. The van der Waals surface area contributed by atoms with Crippen LogP contribution in [0.25, 0.3) is 0 Å². The van der Waals surface area contributed by atoms with Crippen molar-refractivity contribution in [1.29, 1.82) is 0 Å². The molecule has 0 N–H and O–H groups in total. The molecule has 1 heterocycles. The highest BCUT2D eigenvalue weighted by Crippen LogP contribution is 2.30. The zero-order chi connectivity index (χ0) is 10.9. The largest absolute Gasteiger partial charge is 0.337 e. The molecule has 0 saturated heterocycles. The summed E-state index contributed by atoms with van der Waals surface area (Å²) in [4.78, 5) is 4.05. The minimum Gasteiger partial charge on any atom is -0.337 e. The lowest BCUT2D eigenvalue weighted by molar-refractivity contribution is 0.332. The van der Waals surface area contributed by atoms with Gasteiger partial charge in [0.1, 0.15) is 0 Å². The summed E-state index contributed by atoms with van der Waals surface area (Å²) in [5.41, 5.74) is 0.798. The third kappa shape index (κ3) is 1.88. The predicted molar refractivity (Wildman–Crippen MR) is 57.9 cm³/mol. The van der Waals surface area contributed by atoms with Crippen molar-refractivity contribution in [3.63, 3.8) is 0 Å². The maximum absolute atomic E-state index is 5.64. The van der Waals surface area contributed by atoms with Crippen LogP contribution >= 0.6 is 11.6 Å². The fourth-order valence-corrected chi connectivity index (χ4v) is 1.55. The van der Waals surface area contributed by atoms with Crippen molar-refractivity contribution < 1.29 is 4.52 Å². The van der Waals surface area contributed by atoms with Crippen molar-refractivity contribution in [2.75, 3.05) is 0 Å². The number of aromatic nitrogens is 2. The molecule has 1 aromatic heterocycles. The topological polar surface area (TPSA) is 38.9 Å². The number of rotatable bonds is 2. The van der Waals surface area contributed by atoms with Crippen LogP contribution in [0.3, 0.4) is 0 Å². The molecule has 0 aliphatic carbocycles. The Labute approximate surface area is 93.1 Å². The normalized spacial score (nSPS) is 11.7. The minimum atomic E-state index is -0.318. The number of nitrogens with zero attached hydrogens (tertiary/aromatic N) is 2. The molecule has 2 aromatic rings. The molecule has 0 fully saturated rings. The van der Waals surface area contributed by atoms with Crippen molar-refractivity contribution in [3.8, 4) is 0 Å². The van der Waals surface area contributed by atoms with Crippen molar-refractivity contribution in [3.05, 3.63) is 47.1 Å². The fraction of sp³-hybridized carbons (Fsp3) is 0.273. The average Bonchev–Trinajstić information content (AvgIpc) is 2.67. The molecule has 0 aliphatic heterocycles. The smallest absolute Gasteiger partial charge is 0.263 e. The second-order valence-corrected chi connectivity index (χ2v) is 4.20. The monoisotopic (exact) mass is 222 g/mol. The molecule has 0 bridgehead atoms. The Morgan fingerprint density at radius 1 is 1.20 bits per heavy atom. The van der Waals surface area contributed by atoms with Crippen LogP contribution in [0, 0.1) is 0 Å². The van der Waals surface area contributed by atoms with Crippen LogP contribution in [-0.4, -0.2) is 10.1 Å². The fourth-order valence-electron chi connectivity index (χ4n) is 1.44. The first-order valence-corrected chi connectivity index (χ1v) is 5.04. The van der Waals surface area contributed by atoms with Crippen molar-refractivity contribution >= 4 is 11.6 Å². The Balaban J connectivity index is 2.43. The molecule has 15 heavy (non-hydrogen) atoms. The first-order chi connectivity index (χ1) is 7.10. The van der Waals surface area contributed by atoms with E-state index in [0.717, 1.165) is 5.56 Å². The standard InChI is InChI=1S/C11H11ClN2O/c1-11(2,8-6-4-3-5-7-8)9-13-10(12)14-15-9/h3-7H,1-2H3. The summed E-state index contributed by atoms with van der Waals surface area (Å²) in [7, 11) is 0. The summed E-state index contributed by atoms with van der Waals surface area (Å²) < 4.78 is 5.09. The Morgan fingerprint density at radius 3 is 2.40 bits per heavy atom. The van der Waals surface area contributed by atoms with Crippen LogP contribution in [0.2, 0.25) is 5.28 Å². The lowest BCUT2D eigenvalue weighted by atomic mass is 9.85. The first-order valence-electron chi connectivity index (χ1n) is 4.66.